The van der Waals surface area contributed by atoms with Gasteiger partial charge in [0.05, 0.1) is 17.8 Å². The van der Waals surface area contributed by atoms with E-state index < -0.39 is 0 Å². The molecule has 1 saturated carbocycles. The van der Waals surface area contributed by atoms with Crippen molar-refractivity contribution in [2.45, 2.75) is 70.2 Å². The molecule has 5 rings (SSSR count). The predicted molar refractivity (Wildman–Crippen MR) is 124 cm³/mol. The van der Waals surface area contributed by atoms with Crippen molar-refractivity contribution in [3.63, 3.8) is 0 Å². The molecule has 0 amide bonds. The Morgan fingerprint density at radius 1 is 0.968 bits per heavy atom. The van der Waals surface area contributed by atoms with Gasteiger partial charge >= 0.3 is 0 Å². The third-order valence-electron chi connectivity index (χ3n) is 7.30. The highest BCUT2D eigenvalue weighted by atomic mass is 15.3. The van der Waals surface area contributed by atoms with Crippen LogP contribution in [0.5, 0.6) is 0 Å². The fourth-order valence-electron chi connectivity index (χ4n) is 5.51. The Labute approximate surface area is 185 Å². The predicted octanol–water partition coefficient (Wildman–Crippen LogP) is 3.73. The van der Waals surface area contributed by atoms with Crippen LogP contribution in [0.4, 0.5) is 0 Å². The van der Waals surface area contributed by atoms with Crippen molar-refractivity contribution in [3.05, 3.63) is 65.4 Å². The molecule has 31 heavy (non-hydrogen) atoms. The normalized spacial score (nSPS) is 27.6. The molecule has 1 aromatic heterocycles. The maximum absolute atomic E-state index is 4.57. The number of hydrogen-bond acceptors (Lipinski definition) is 5. The van der Waals surface area contributed by atoms with Gasteiger partial charge in [0, 0.05) is 24.3 Å². The summed E-state index contributed by atoms with van der Waals surface area (Å²) in [4.78, 5) is 4.89. The topological polar surface area (TPSA) is 49.2 Å². The summed E-state index contributed by atoms with van der Waals surface area (Å²) in [6, 6.07) is 12.5. The summed E-state index contributed by atoms with van der Waals surface area (Å²) in [7, 11) is 4.40. The Kier molecular flexibility index (Phi) is 5.34. The highest BCUT2D eigenvalue weighted by Gasteiger charge is 2.39. The Hall–Kier alpha value is -2.60. The molecule has 2 unspecified atom stereocenters. The lowest BCUT2D eigenvalue weighted by Crippen LogP contribution is -2.42. The number of fused-ring (bicyclic) bond motifs is 3. The zero-order valence-corrected chi connectivity index (χ0v) is 19.1. The smallest absolute Gasteiger partial charge is 0.180 e. The molecular weight excluding hydrogens is 384 g/mol. The van der Waals surface area contributed by atoms with Crippen LogP contribution >= 0.6 is 0 Å². The van der Waals surface area contributed by atoms with Gasteiger partial charge in [-0.15, -0.1) is 10.2 Å². The lowest BCUT2D eigenvalue weighted by Gasteiger charge is -2.37. The average Bonchev–Trinajstić information content (AvgIpc) is 3.30. The van der Waals surface area contributed by atoms with Crippen molar-refractivity contribution in [1.29, 1.82) is 0 Å². The molecule has 1 N–H and O–H groups in total. The fraction of sp³-hybridized carbons (Fsp3) is 0.520. The summed E-state index contributed by atoms with van der Waals surface area (Å²) < 4.78 is 2.33. The van der Waals surface area contributed by atoms with Crippen LogP contribution in [-0.2, 0) is 6.54 Å². The van der Waals surface area contributed by atoms with Gasteiger partial charge < -0.3 is 19.7 Å². The third-order valence-corrected chi connectivity index (χ3v) is 7.30. The van der Waals surface area contributed by atoms with E-state index in [9.17, 15) is 0 Å². The summed E-state index contributed by atoms with van der Waals surface area (Å²) in [5.74, 6) is 1.97. The first kappa shape index (κ1) is 20.3. The van der Waals surface area contributed by atoms with Gasteiger partial charge in [0.1, 0.15) is 5.82 Å². The lowest BCUT2D eigenvalue weighted by molar-refractivity contribution is 0.210. The molecule has 1 fully saturated rings. The van der Waals surface area contributed by atoms with Gasteiger partial charge in [-0.25, -0.2) is 0 Å². The fourth-order valence-corrected chi connectivity index (χ4v) is 5.51. The number of benzene rings is 1. The van der Waals surface area contributed by atoms with E-state index in [-0.39, 0.29) is 12.1 Å². The standard InChI is InChI=1S/C25H34N6/c1-17-14-24-23(30(17)16-19-8-6-5-7-9-19)15-22(25-28-27-18(2)31(24)25)26-20-10-12-21(13-11-20)29(3)4/h5-9,14-15,20-21,23-24,26H,10-13,16H2,1-4H3. The van der Waals surface area contributed by atoms with E-state index in [0.29, 0.717) is 12.1 Å². The Morgan fingerprint density at radius 3 is 2.42 bits per heavy atom. The van der Waals surface area contributed by atoms with Gasteiger partial charge in [-0.3, -0.25) is 0 Å². The molecule has 6 heteroatoms. The zero-order chi connectivity index (χ0) is 21.5. The average molecular weight is 419 g/mol. The maximum atomic E-state index is 4.57. The van der Waals surface area contributed by atoms with Gasteiger partial charge in [-0.2, -0.15) is 0 Å². The number of aryl methyl sites for hydroxylation is 1. The number of nitrogens with zero attached hydrogens (tertiary/aromatic N) is 5. The van der Waals surface area contributed by atoms with Crippen molar-refractivity contribution < 1.29 is 0 Å². The van der Waals surface area contributed by atoms with Crippen LogP contribution in [0.1, 0.15) is 55.9 Å². The Morgan fingerprint density at radius 2 is 1.71 bits per heavy atom. The number of nitrogens with one attached hydrogen (secondary N) is 1. The molecule has 0 saturated heterocycles. The van der Waals surface area contributed by atoms with Gasteiger partial charge in [-0.1, -0.05) is 30.3 Å². The molecule has 6 nitrogen and oxygen atoms in total. The van der Waals surface area contributed by atoms with Crippen molar-refractivity contribution in [2.75, 3.05) is 14.1 Å². The molecule has 2 aromatic rings. The first-order valence-corrected chi connectivity index (χ1v) is 11.6. The quantitative estimate of drug-likeness (QED) is 0.802. The zero-order valence-electron chi connectivity index (χ0n) is 19.1. The molecule has 2 aliphatic heterocycles. The minimum Gasteiger partial charge on any atom is -0.379 e. The first-order valence-electron chi connectivity index (χ1n) is 11.6. The number of allylic oxidation sites excluding steroid dienone is 1. The van der Waals surface area contributed by atoms with Crippen molar-refractivity contribution in [3.8, 4) is 0 Å². The van der Waals surface area contributed by atoms with Crippen LogP contribution in [0, 0.1) is 6.92 Å². The van der Waals surface area contributed by atoms with Crippen LogP contribution in [0.3, 0.4) is 0 Å². The number of aromatic nitrogens is 3. The van der Waals surface area contributed by atoms with Crippen LogP contribution in [-0.4, -0.2) is 56.8 Å². The molecule has 164 valence electrons. The largest absolute Gasteiger partial charge is 0.379 e. The molecule has 1 aromatic carbocycles. The minimum absolute atomic E-state index is 0.253. The molecule has 1 aliphatic carbocycles. The van der Waals surface area contributed by atoms with Crippen molar-refractivity contribution in [1.82, 2.24) is 29.9 Å². The van der Waals surface area contributed by atoms with Crippen LogP contribution < -0.4 is 5.32 Å². The summed E-state index contributed by atoms with van der Waals surface area (Å²) in [6.07, 6.45) is 9.68. The van der Waals surface area contributed by atoms with E-state index in [4.69, 9.17) is 0 Å². The van der Waals surface area contributed by atoms with E-state index in [1.807, 2.05) is 0 Å². The third kappa shape index (κ3) is 3.78. The maximum Gasteiger partial charge on any atom is 0.180 e. The van der Waals surface area contributed by atoms with E-state index >= 15 is 0 Å². The molecule has 3 aliphatic rings. The van der Waals surface area contributed by atoms with E-state index in [1.54, 1.807) is 0 Å². The van der Waals surface area contributed by atoms with Gasteiger partial charge in [0.25, 0.3) is 0 Å². The second kappa shape index (κ2) is 8.15. The Balaban J connectivity index is 1.41. The minimum atomic E-state index is 0.253. The summed E-state index contributed by atoms with van der Waals surface area (Å²) in [6.45, 7) is 5.21. The summed E-state index contributed by atoms with van der Waals surface area (Å²) in [5.41, 5.74) is 3.81. The van der Waals surface area contributed by atoms with Gasteiger partial charge in [0.15, 0.2) is 5.82 Å². The first-order chi connectivity index (χ1) is 15.0. The molecular formula is C25H34N6. The molecule has 0 bridgehead atoms. The van der Waals surface area contributed by atoms with Gasteiger partial charge in [-0.05, 0) is 71.3 Å². The summed E-state index contributed by atoms with van der Waals surface area (Å²) in [5, 5.41) is 12.9. The monoisotopic (exact) mass is 418 g/mol. The molecule has 0 spiro atoms. The van der Waals surface area contributed by atoms with Crippen molar-refractivity contribution >= 4 is 5.70 Å². The van der Waals surface area contributed by atoms with E-state index in [1.165, 1.54) is 36.9 Å². The van der Waals surface area contributed by atoms with Crippen LogP contribution in [0.15, 0.2) is 48.2 Å². The molecule has 3 heterocycles. The van der Waals surface area contributed by atoms with E-state index in [2.05, 4.69) is 100 Å². The lowest BCUT2D eigenvalue weighted by atomic mass is 9.90. The highest BCUT2D eigenvalue weighted by molar-refractivity contribution is 5.62. The number of rotatable bonds is 5. The van der Waals surface area contributed by atoms with Gasteiger partial charge in [0.2, 0.25) is 0 Å². The van der Waals surface area contributed by atoms with E-state index in [0.717, 1.165) is 23.9 Å². The number of hydrogen-bond donors (Lipinski definition) is 1. The SMILES string of the molecule is CC1=CC2C(C=C(NC3CCC(N(C)C)CC3)c3nnc(C)n32)N1Cc1ccccc1. The summed E-state index contributed by atoms with van der Waals surface area (Å²) >= 11 is 0. The van der Waals surface area contributed by atoms with Crippen LogP contribution in [0.2, 0.25) is 0 Å². The second-order valence-corrected chi connectivity index (χ2v) is 9.54. The molecule has 0 radical (unpaired) electrons. The molecule has 2 atom stereocenters. The van der Waals surface area contributed by atoms with Crippen LogP contribution in [0.25, 0.3) is 5.70 Å². The second-order valence-electron chi connectivity index (χ2n) is 9.54. The Bertz CT molecular complexity index is 981. The highest BCUT2D eigenvalue weighted by Crippen LogP contribution is 2.39. The van der Waals surface area contributed by atoms with Crippen molar-refractivity contribution in [2.24, 2.45) is 0 Å².